The molecule has 1 fully saturated rings. The summed E-state index contributed by atoms with van der Waals surface area (Å²) in [6.45, 7) is 2.05. The first kappa shape index (κ1) is 17.8. The van der Waals surface area contributed by atoms with Crippen LogP contribution in [-0.4, -0.2) is 23.3 Å². The van der Waals surface area contributed by atoms with Gasteiger partial charge in [-0.2, -0.15) is 0 Å². The van der Waals surface area contributed by atoms with E-state index in [4.69, 9.17) is 28.9 Å². The number of nitrogens with zero attached hydrogens (tertiary/aromatic N) is 1. The van der Waals surface area contributed by atoms with E-state index in [1.54, 1.807) is 36.1 Å². The quantitative estimate of drug-likeness (QED) is 0.884. The Kier molecular flexibility index (Phi) is 5.02. The summed E-state index contributed by atoms with van der Waals surface area (Å²) in [5, 5.41) is 1.24. The van der Waals surface area contributed by atoms with Crippen molar-refractivity contribution in [3.8, 4) is 0 Å². The molecular weight excluding hydrogens is 359 g/mol. The number of hydrogen-bond donors (Lipinski definition) is 1. The number of carbonyl (C=O) groups excluding carboxylic acids is 2. The van der Waals surface area contributed by atoms with Crippen LogP contribution in [0.2, 0.25) is 10.0 Å². The van der Waals surface area contributed by atoms with Crippen LogP contribution in [0.25, 0.3) is 0 Å². The molecule has 3 rings (SSSR count). The minimum absolute atomic E-state index is 0.0845. The molecule has 6 heteroatoms. The van der Waals surface area contributed by atoms with Gasteiger partial charge < -0.3 is 10.6 Å². The molecule has 1 aliphatic heterocycles. The summed E-state index contributed by atoms with van der Waals surface area (Å²) in [4.78, 5) is 26.2. The molecule has 4 nitrogen and oxygen atoms in total. The predicted molar refractivity (Wildman–Crippen MR) is 98.3 cm³/mol. The van der Waals surface area contributed by atoms with E-state index in [0.717, 1.165) is 11.1 Å². The third-order valence-corrected chi connectivity index (χ3v) is 5.22. The first-order valence-electron chi connectivity index (χ1n) is 7.99. The van der Waals surface area contributed by atoms with Gasteiger partial charge in [0.25, 0.3) is 0 Å². The van der Waals surface area contributed by atoms with Crippen molar-refractivity contribution in [2.75, 3.05) is 6.54 Å². The summed E-state index contributed by atoms with van der Waals surface area (Å²) in [5.41, 5.74) is 7.31. The summed E-state index contributed by atoms with van der Waals surface area (Å²) < 4.78 is 0. The molecule has 0 saturated carbocycles. The molecule has 0 aromatic heterocycles. The number of rotatable bonds is 4. The van der Waals surface area contributed by atoms with Gasteiger partial charge in [-0.1, -0.05) is 54.4 Å². The van der Waals surface area contributed by atoms with Crippen molar-refractivity contribution in [3.63, 3.8) is 0 Å². The number of hydrogen-bond acceptors (Lipinski definition) is 2. The molecule has 2 N–H and O–H groups in total. The van der Waals surface area contributed by atoms with Crippen molar-refractivity contribution in [1.29, 1.82) is 0 Å². The third kappa shape index (κ3) is 3.51. The van der Waals surface area contributed by atoms with E-state index >= 15 is 0 Å². The van der Waals surface area contributed by atoms with E-state index < -0.39 is 17.7 Å². The highest BCUT2D eigenvalue weighted by atomic mass is 35.5. The number of benzene rings is 2. The van der Waals surface area contributed by atoms with E-state index in [1.165, 1.54) is 0 Å². The maximum Gasteiger partial charge on any atom is 0.227 e. The average Bonchev–Trinajstić information content (AvgIpc) is 2.87. The highest BCUT2D eigenvalue weighted by Crippen LogP contribution is 2.37. The van der Waals surface area contributed by atoms with Crippen LogP contribution in [0.3, 0.4) is 0 Å². The SMILES string of the molecule is CC1C(=O)N(C(c2ccc(Cl)cc2)c2ccc(Cl)cc2)CC1C(N)=O. The lowest BCUT2D eigenvalue weighted by Gasteiger charge is -2.29. The van der Waals surface area contributed by atoms with Crippen molar-refractivity contribution in [2.24, 2.45) is 17.6 Å². The monoisotopic (exact) mass is 376 g/mol. The topological polar surface area (TPSA) is 63.4 Å². The second kappa shape index (κ2) is 7.06. The van der Waals surface area contributed by atoms with Gasteiger partial charge in [0.1, 0.15) is 0 Å². The van der Waals surface area contributed by atoms with Gasteiger partial charge in [-0.3, -0.25) is 9.59 Å². The molecule has 2 atom stereocenters. The van der Waals surface area contributed by atoms with Crippen LogP contribution < -0.4 is 5.73 Å². The number of nitrogens with two attached hydrogens (primary N) is 1. The molecule has 2 aromatic carbocycles. The zero-order valence-electron chi connectivity index (χ0n) is 13.7. The normalized spacial score (nSPS) is 20.3. The third-order valence-electron chi connectivity index (χ3n) is 4.72. The van der Waals surface area contributed by atoms with E-state index in [1.807, 2.05) is 24.3 Å². The Balaban J connectivity index is 2.05. The Labute approximate surface area is 156 Å². The highest BCUT2D eigenvalue weighted by Gasteiger charge is 2.43. The van der Waals surface area contributed by atoms with Crippen molar-refractivity contribution in [1.82, 2.24) is 4.90 Å². The van der Waals surface area contributed by atoms with Gasteiger partial charge in [-0.25, -0.2) is 0 Å². The summed E-state index contributed by atoms with van der Waals surface area (Å²) in [5.74, 6) is -1.46. The zero-order chi connectivity index (χ0) is 18.1. The fourth-order valence-corrected chi connectivity index (χ4v) is 3.56. The Morgan fingerprint density at radius 1 is 1.04 bits per heavy atom. The molecule has 0 spiro atoms. The molecule has 0 aliphatic carbocycles. The van der Waals surface area contributed by atoms with Gasteiger partial charge in [0, 0.05) is 22.5 Å². The van der Waals surface area contributed by atoms with Gasteiger partial charge in [0.2, 0.25) is 11.8 Å². The molecule has 25 heavy (non-hydrogen) atoms. The Morgan fingerprint density at radius 2 is 1.48 bits per heavy atom. The van der Waals surface area contributed by atoms with Crippen molar-refractivity contribution in [3.05, 3.63) is 69.7 Å². The molecule has 2 amide bonds. The second-order valence-corrected chi connectivity index (χ2v) is 7.17. The maximum atomic E-state index is 12.8. The lowest BCUT2D eigenvalue weighted by Crippen LogP contribution is -2.32. The van der Waals surface area contributed by atoms with Gasteiger partial charge in [-0.15, -0.1) is 0 Å². The number of primary amides is 1. The highest BCUT2D eigenvalue weighted by molar-refractivity contribution is 6.30. The molecule has 1 aliphatic rings. The van der Waals surface area contributed by atoms with Crippen molar-refractivity contribution in [2.45, 2.75) is 13.0 Å². The van der Waals surface area contributed by atoms with Crippen LogP contribution in [0.1, 0.15) is 24.1 Å². The summed E-state index contributed by atoms with van der Waals surface area (Å²) in [6.07, 6.45) is 0. The Bertz CT molecular complexity index is 745. The molecule has 0 bridgehead atoms. The van der Waals surface area contributed by atoms with Crippen LogP contribution in [0.15, 0.2) is 48.5 Å². The molecule has 130 valence electrons. The molecule has 1 saturated heterocycles. The average molecular weight is 377 g/mol. The maximum absolute atomic E-state index is 12.8. The second-order valence-electron chi connectivity index (χ2n) is 6.29. The first-order valence-corrected chi connectivity index (χ1v) is 8.75. The summed E-state index contributed by atoms with van der Waals surface area (Å²) in [7, 11) is 0. The van der Waals surface area contributed by atoms with Crippen LogP contribution in [0.4, 0.5) is 0 Å². The van der Waals surface area contributed by atoms with Crippen LogP contribution in [0.5, 0.6) is 0 Å². The predicted octanol–water partition coefficient (Wildman–Crippen LogP) is 3.66. The van der Waals surface area contributed by atoms with E-state index in [0.29, 0.717) is 16.6 Å². The van der Waals surface area contributed by atoms with E-state index in [2.05, 4.69) is 0 Å². The van der Waals surface area contributed by atoms with Gasteiger partial charge in [-0.05, 0) is 35.4 Å². The minimum Gasteiger partial charge on any atom is -0.369 e. The fraction of sp³-hybridized carbons (Fsp3) is 0.263. The molecular formula is C19H18Cl2N2O2. The number of amides is 2. The Hall–Kier alpha value is -2.04. The zero-order valence-corrected chi connectivity index (χ0v) is 15.2. The number of likely N-dealkylation sites (tertiary alicyclic amines) is 1. The molecule has 1 heterocycles. The van der Waals surface area contributed by atoms with Crippen molar-refractivity contribution >= 4 is 35.0 Å². The lowest BCUT2D eigenvalue weighted by atomic mass is 9.97. The minimum atomic E-state index is -0.491. The smallest absolute Gasteiger partial charge is 0.227 e. The lowest BCUT2D eigenvalue weighted by molar-refractivity contribution is -0.133. The van der Waals surface area contributed by atoms with E-state index in [-0.39, 0.29) is 11.9 Å². The fourth-order valence-electron chi connectivity index (χ4n) is 3.31. The van der Waals surface area contributed by atoms with E-state index in [9.17, 15) is 9.59 Å². The van der Waals surface area contributed by atoms with Crippen LogP contribution in [-0.2, 0) is 9.59 Å². The van der Waals surface area contributed by atoms with Gasteiger partial charge in [0.05, 0.1) is 12.0 Å². The number of carbonyl (C=O) groups is 2. The van der Waals surface area contributed by atoms with Crippen LogP contribution in [0, 0.1) is 11.8 Å². The summed E-state index contributed by atoms with van der Waals surface area (Å²) >= 11 is 12.0. The first-order chi connectivity index (χ1) is 11.9. The van der Waals surface area contributed by atoms with Crippen molar-refractivity contribution < 1.29 is 9.59 Å². The molecule has 2 unspecified atom stereocenters. The standard InChI is InChI=1S/C19H18Cl2N2O2/c1-11-16(18(22)24)10-23(19(11)25)17(12-2-6-14(20)7-3-12)13-4-8-15(21)9-5-13/h2-9,11,16-17H,10H2,1H3,(H2,22,24). The molecule has 0 radical (unpaired) electrons. The summed E-state index contributed by atoms with van der Waals surface area (Å²) in [6, 6.07) is 14.4. The largest absolute Gasteiger partial charge is 0.369 e. The molecule has 2 aromatic rings. The van der Waals surface area contributed by atoms with Gasteiger partial charge >= 0.3 is 0 Å². The van der Waals surface area contributed by atoms with Crippen LogP contribution >= 0.6 is 23.2 Å². The number of halogens is 2. The van der Waals surface area contributed by atoms with Gasteiger partial charge in [0.15, 0.2) is 0 Å². The Morgan fingerprint density at radius 3 is 1.84 bits per heavy atom.